The third-order valence-corrected chi connectivity index (χ3v) is 6.49. The predicted octanol–water partition coefficient (Wildman–Crippen LogP) is 3.29. The molecule has 1 aromatic rings. The minimum Gasteiger partial charge on any atom is -0.401 e. The van der Waals surface area contributed by atoms with E-state index in [2.05, 4.69) is 0 Å². The topological polar surface area (TPSA) is 60.2 Å². The van der Waals surface area contributed by atoms with E-state index >= 15 is 0 Å². The quantitative estimate of drug-likeness (QED) is 0.931. The van der Waals surface area contributed by atoms with Crippen LogP contribution in [0.25, 0.3) is 0 Å². The molecule has 0 spiro atoms. The van der Waals surface area contributed by atoms with Gasteiger partial charge in [0.05, 0.1) is 4.90 Å². The van der Waals surface area contributed by atoms with Gasteiger partial charge >= 0.3 is 0 Å². The van der Waals surface area contributed by atoms with E-state index in [1.807, 2.05) is 0 Å². The molecule has 0 amide bonds. The second kappa shape index (κ2) is 4.84. The van der Waals surface area contributed by atoms with E-state index in [4.69, 9.17) is 17.3 Å². The van der Waals surface area contributed by atoms with E-state index in [9.17, 15) is 8.42 Å². The van der Waals surface area contributed by atoms with Crippen LogP contribution in [0.3, 0.4) is 0 Å². The van der Waals surface area contributed by atoms with E-state index in [1.165, 1.54) is 12.1 Å². The van der Waals surface area contributed by atoms with Crippen LogP contribution in [0, 0.1) is 0 Å². The molecule has 5 heteroatoms. The lowest BCUT2D eigenvalue weighted by molar-refractivity contribution is 0.554. The molecule has 0 aromatic heterocycles. The third-order valence-electron chi connectivity index (χ3n) is 3.78. The van der Waals surface area contributed by atoms with Gasteiger partial charge in [-0.2, -0.15) is 0 Å². The molecule has 0 bridgehead atoms. The van der Waals surface area contributed by atoms with Crippen molar-refractivity contribution in [2.45, 2.75) is 42.8 Å². The molecule has 2 N–H and O–H groups in total. The summed E-state index contributed by atoms with van der Waals surface area (Å²) in [5, 5.41) is 0.516. The first-order valence-electron chi connectivity index (χ1n) is 6.25. The zero-order valence-corrected chi connectivity index (χ0v) is 12.7. The summed E-state index contributed by atoms with van der Waals surface area (Å²) in [4.78, 5) is 0.254. The SMILES string of the molecule is CC(C)(C(N)=C1CCC1)S(=O)(=O)c1ccc(Cl)cc1. The maximum atomic E-state index is 12.7. The van der Waals surface area contributed by atoms with Gasteiger partial charge in [0.15, 0.2) is 9.84 Å². The monoisotopic (exact) mass is 299 g/mol. The van der Waals surface area contributed by atoms with Crippen molar-refractivity contribution in [2.24, 2.45) is 5.73 Å². The molecule has 19 heavy (non-hydrogen) atoms. The summed E-state index contributed by atoms with van der Waals surface area (Å²) in [7, 11) is -3.52. The minimum absolute atomic E-state index is 0.254. The fourth-order valence-corrected chi connectivity index (χ4v) is 3.75. The average Bonchev–Trinajstić information content (AvgIpc) is 2.26. The van der Waals surface area contributed by atoms with Crippen molar-refractivity contribution in [2.75, 3.05) is 0 Å². The largest absolute Gasteiger partial charge is 0.401 e. The summed E-state index contributed by atoms with van der Waals surface area (Å²) in [6.45, 7) is 3.33. The van der Waals surface area contributed by atoms with Gasteiger partial charge in [-0.3, -0.25) is 0 Å². The maximum absolute atomic E-state index is 12.7. The van der Waals surface area contributed by atoms with Crippen LogP contribution in [-0.2, 0) is 9.84 Å². The molecule has 1 fully saturated rings. The Balaban J connectivity index is 2.46. The number of hydrogen-bond donors (Lipinski definition) is 1. The van der Waals surface area contributed by atoms with Crippen LogP contribution in [0.2, 0.25) is 5.02 Å². The van der Waals surface area contributed by atoms with Crippen LogP contribution < -0.4 is 5.73 Å². The van der Waals surface area contributed by atoms with Crippen molar-refractivity contribution >= 4 is 21.4 Å². The van der Waals surface area contributed by atoms with Crippen molar-refractivity contribution in [3.63, 3.8) is 0 Å². The molecule has 1 saturated carbocycles. The van der Waals surface area contributed by atoms with E-state index in [0.717, 1.165) is 24.8 Å². The van der Waals surface area contributed by atoms with Crippen LogP contribution in [0.4, 0.5) is 0 Å². The van der Waals surface area contributed by atoms with Crippen molar-refractivity contribution in [1.82, 2.24) is 0 Å². The Bertz CT molecular complexity index is 609. The Labute approximate surface area is 119 Å². The van der Waals surface area contributed by atoms with Crippen molar-refractivity contribution in [3.05, 3.63) is 40.6 Å². The smallest absolute Gasteiger partial charge is 0.189 e. The van der Waals surface area contributed by atoms with E-state index in [0.29, 0.717) is 10.7 Å². The van der Waals surface area contributed by atoms with Crippen molar-refractivity contribution in [3.8, 4) is 0 Å². The average molecular weight is 300 g/mol. The fraction of sp³-hybridized carbons (Fsp3) is 0.429. The molecule has 104 valence electrons. The van der Waals surface area contributed by atoms with Gasteiger partial charge in [0.25, 0.3) is 0 Å². The lowest BCUT2D eigenvalue weighted by Crippen LogP contribution is -2.39. The fourth-order valence-electron chi connectivity index (χ4n) is 2.10. The van der Waals surface area contributed by atoms with E-state index in [1.54, 1.807) is 26.0 Å². The zero-order chi connectivity index (χ0) is 14.3. The third kappa shape index (κ3) is 2.39. The molecular formula is C14H18ClNO2S. The molecule has 0 unspecified atom stereocenters. The first-order valence-corrected chi connectivity index (χ1v) is 8.11. The number of halogens is 1. The van der Waals surface area contributed by atoms with Gasteiger partial charge in [-0.05, 0) is 62.9 Å². The second-order valence-corrected chi connectivity index (χ2v) is 8.27. The normalized spacial score (nSPS) is 16.1. The lowest BCUT2D eigenvalue weighted by atomic mass is 9.87. The molecule has 2 rings (SSSR count). The highest BCUT2D eigenvalue weighted by Gasteiger charge is 2.40. The summed E-state index contributed by atoms with van der Waals surface area (Å²) in [6, 6.07) is 6.21. The molecule has 0 atom stereocenters. The van der Waals surface area contributed by atoms with Gasteiger partial charge in [-0.1, -0.05) is 11.6 Å². The van der Waals surface area contributed by atoms with Gasteiger partial charge in [0.2, 0.25) is 0 Å². The van der Waals surface area contributed by atoms with Crippen LogP contribution in [-0.4, -0.2) is 13.2 Å². The molecule has 1 aromatic carbocycles. The summed E-state index contributed by atoms with van der Waals surface area (Å²) in [6.07, 6.45) is 2.91. The van der Waals surface area contributed by atoms with Gasteiger partial charge in [0, 0.05) is 10.7 Å². The first-order chi connectivity index (χ1) is 8.76. The summed E-state index contributed by atoms with van der Waals surface area (Å²) in [5.41, 5.74) is 7.65. The predicted molar refractivity (Wildman–Crippen MR) is 77.8 cm³/mol. The Morgan fingerprint density at radius 3 is 2.16 bits per heavy atom. The summed E-state index contributed by atoms with van der Waals surface area (Å²) >= 11 is 5.79. The number of nitrogens with two attached hydrogens (primary N) is 1. The van der Waals surface area contributed by atoms with Crippen LogP contribution in [0.1, 0.15) is 33.1 Å². The molecule has 0 saturated heterocycles. The highest BCUT2D eigenvalue weighted by molar-refractivity contribution is 7.93. The Hall–Kier alpha value is -1.00. The van der Waals surface area contributed by atoms with Crippen molar-refractivity contribution < 1.29 is 8.42 Å². The van der Waals surface area contributed by atoms with Crippen LogP contribution in [0.5, 0.6) is 0 Å². The highest BCUT2D eigenvalue weighted by Crippen LogP contribution is 2.37. The molecular weight excluding hydrogens is 282 g/mol. The Morgan fingerprint density at radius 2 is 1.74 bits per heavy atom. The van der Waals surface area contributed by atoms with Crippen LogP contribution in [0.15, 0.2) is 40.4 Å². The van der Waals surface area contributed by atoms with Gasteiger partial charge < -0.3 is 5.73 Å². The molecule has 3 nitrogen and oxygen atoms in total. The lowest BCUT2D eigenvalue weighted by Gasteiger charge is -2.31. The first kappa shape index (κ1) is 14.4. The number of benzene rings is 1. The standard InChI is InChI=1S/C14H18ClNO2S/c1-14(2,13(16)10-4-3-5-10)19(17,18)12-8-6-11(15)7-9-12/h6-9H,3-5,16H2,1-2H3. The Kier molecular flexibility index (Phi) is 3.67. The molecule has 0 heterocycles. The van der Waals surface area contributed by atoms with E-state index in [-0.39, 0.29) is 4.90 Å². The Morgan fingerprint density at radius 1 is 1.21 bits per heavy atom. The van der Waals surface area contributed by atoms with Crippen LogP contribution >= 0.6 is 11.6 Å². The molecule has 1 aliphatic carbocycles. The second-order valence-electron chi connectivity index (χ2n) is 5.34. The molecule has 1 aliphatic rings. The molecule has 0 aliphatic heterocycles. The number of sulfone groups is 1. The highest BCUT2D eigenvalue weighted by atomic mass is 35.5. The van der Waals surface area contributed by atoms with Gasteiger partial charge in [0.1, 0.15) is 4.75 Å². The maximum Gasteiger partial charge on any atom is 0.189 e. The number of hydrogen-bond acceptors (Lipinski definition) is 3. The van der Waals surface area contributed by atoms with E-state index < -0.39 is 14.6 Å². The minimum atomic E-state index is -3.52. The van der Waals surface area contributed by atoms with Crippen molar-refractivity contribution in [1.29, 1.82) is 0 Å². The molecule has 0 radical (unpaired) electrons. The number of rotatable bonds is 3. The van der Waals surface area contributed by atoms with Gasteiger partial charge in [-0.25, -0.2) is 8.42 Å². The number of allylic oxidation sites excluding steroid dienone is 1. The van der Waals surface area contributed by atoms with Gasteiger partial charge in [-0.15, -0.1) is 0 Å². The zero-order valence-electron chi connectivity index (χ0n) is 11.1. The summed E-state index contributed by atoms with van der Waals surface area (Å²) in [5.74, 6) is 0. The summed E-state index contributed by atoms with van der Waals surface area (Å²) < 4.78 is 24.3.